The highest BCUT2D eigenvalue weighted by atomic mass is 35.5. The van der Waals surface area contributed by atoms with Gasteiger partial charge in [0.2, 0.25) is 0 Å². The predicted molar refractivity (Wildman–Crippen MR) is 58.5 cm³/mol. The molecule has 1 rings (SSSR count). The van der Waals surface area contributed by atoms with E-state index in [1.54, 1.807) is 6.92 Å². The molecule has 0 aliphatic heterocycles. The molecular weight excluding hydrogens is 234 g/mol. The Balaban J connectivity index is 2.57. The Labute approximate surface area is 98.7 Å². The number of ether oxygens (including phenoxy) is 2. The number of carbonyl (C=O) groups is 1. The molecular formula is C10H14ClNO4. The van der Waals surface area contributed by atoms with E-state index in [9.17, 15) is 4.79 Å². The number of methoxy groups -OCH3 is 2. The number of hydrogen-bond donors (Lipinski definition) is 1. The highest BCUT2D eigenvalue weighted by Gasteiger charge is 2.20. The first-order valence-corrected chi connectivity index (χ1v) is 5.08. The lowest BCUT2D eigenvalue weighted by atomic mass is 10.3. The first-order valence-electron chi connectivity index (χ1n) is 4.70. The van der Waals surface area contributed by atoms with Crippen LogP contribution >= 0.6 is 11.6 Å². The second-order valence-electron chi connectivity index (χ2n) is 3.21. The van der Waals surface area contributed by atoms with Crippen LogP contribution < -0.4 is 5.32 Å². The second kappa shape index (κ2) is 5.89. The molecule has 1 unspecified atom stereocenters. The van der Waals surface area contributed by atoms with E-state index in [2.05, 4.69) is 5.32 Å². The van der Waals surface area contributed by atoms with Crippen molar-refractivity contribution in [2.24, 2.45) is 0 Å². The zero-order valence-corrected chi connectivity index (χ0v) is 10.1. The second-order valence-corrected chi connectivity index (χ2v) is 3.58. The summed E-state index contributed by atoms with van der Waals surface area (Å²) in [4.78, 5) is 11.6. The van der Waals surface area contributed by atoms with Gasteiger partial charge in [-0.2, -0.15) is 0 Å². The summed E-state index contributed by atoms with van der Waals surface area (Å²) in [7, 11) is 3.00. The van der Waals surface area contributed by atoms with Crippen molar-refractivity contribution in [1.29, 1.82) is 0 Å². The van der Waals surface area contributed by atoms with E-state index >= 15 is 0 Å². The molecule has 0 radical (unpaired) electrons. The van der Waals surface area contributed by atoms with Crippen LogP contribution in [0.3, 0.4) is 0 Å². The van der Waals surface area contributed by atoms with Crippen LogP contribution in [0.4, 0.5) is 0 Å². The lowest BCUT2D eigenvalue weighted by molar-refractivity contribution is -0.117. The van der Waals surface area contributed by atoms with Gasteiger partial charge in [0.15, 0.2) is 17.3 Å². The maximum atomic E-state index is 11.6. The van der Waals surface area contributed by atoms with Crippen molar-refractivity contribution < 1.29 is 18.7 Å². The smallest absolute Gasteiger partial charge is 0.287 e. The van der Waals surface area contributed by atoms with Crippen molar-refractivity contribution in [3.8, 4) is 0 Å². The maximum absolute atomic E-state index is 11.6. The van der Waals surface area contributed by atoms with Gasteiger partial charge in [-0.25, -0.2) is 0 Å². The molecule has 6 heteroatoms. The number of furan rings is 1. The van der Waals surface area contributed by atoms with E-state index in [0.717, 1.165) is 0 Å². The van der Waals surface area contributed by atoms with Crippen molar-refractivity contribution in [2.45, 2.75) is 19.3 Å². The van der Waals surface area contributed by atoms with Gasteiger partial charge in [0, 0.05) is 14.2 Å². The van der Waals surface area contributed by atoms with E-state index in [1.807, 2.05) is 0 Å². The fraction of sp³-hybridized carbons (Fsp3) is 0.500. The Morgan fingerprint density at radius 2 is 2.06 bits per heavy atom. The van der Waals surface area contributed by atoms with Crippen LogP contribution in [-0.2, 0) is 9.47 Å². The van der Waals surface area contributed by atoms with Gasteiger partial charge in [0.25, 0.3) is 5.91 Å². The fourth-order valence-electron chi connectivity index (χ4n) is 1.29. The average molecular weight is 248 g/mol. The van der Waals surface area contributed by atoms with Crippen molar-refractivity contribution in [3.63, 3.8) is 0 Å². The monoisotopic (exact) mass is 247 g/mol. The maximum Gasteiger partial charge on any atom is 0.287 e. The summed E-state index contributed by atoms with van der Waals surface area (Å²) < 4.78 is 15.0. The Morgan fingerprint density at radius 3 is 2.50 bits per heavy atom. The van der Waals surface area contributed by atoms with E-state index in [-0.39, 0.29) is 22.9 Å². The zero-order valence-electron chi connectivity index (χ0n) is 9.32. The average Bonchev–Trinajstić information content (AvgIpc) is 2.66. The topological polar surface area (TPSA) is 60.7 Å². The van der Waals surface area contributed by atoms with Crippen molar-refractivity contribution in [2.75, 3.05) is 14.2 Å². The van der Waals surface area contributed by atoms with Gasteiger partial charge in [0.1, 0.15) is 0 Å². The molecule has 1 N–H and O–H groups in total. The molecule has 16 heavy (non-hydrogen) atoms. The minimum absolute atomic E-state index is 0.155. The molecule has 0 aliphatic carbocycles. The van der Waals surface area contributed by atoms with E-state index < -0.39 is 6.29 Å². The summed E-state index contributed by atoms with van der Waals surface area (Å²) >= 11 is 5.56. The number of halogens is 1. The zero-order chi connectivity index (χ0) is 12.1. The van der Waals surface area contributed by atoms with E-state index in [4.69, 9.17) is 25.5 Å². The van der Waals surface area contributed by atoms with Gasteiger partial charge in [-0.1, -0.05) is 0 Å². The lowest BCUT2D eigenvalue weighted by Gasteiger charge is -2.21. The molecule has 0 aromatic carbocycles. The Hall–Kier alpha value is -1.04. The Morgan fingerprint density at radius 1 is 1.44 bits per heavy atom. The lowest BCUT2D eigenvalue weighted by Crippen LogP contribution is -2.42. The largest absolute Gasteiger partial charge is 0.440 e. The fourth-order valence-corrected chi connectivity index (χ4v) is 1.43. The standard InChI is InChI=1S/C10H14ClNO4/c1-6(10(14-2)15-3)12-9(13)7-4-5-8(11)16-7/h4-6,10H,1-3H3,(H,12,13). The van der Waals surface area contributed by atoms with Crippen LogP contribution in [-0.4, -0.2) is 32.5 Å². The van der Waals surface area contributed by atoms with Gasteiger partial charge in [-0.3, -0.25) is 4.79 Å². The molecule has 0 saturated heterocycles. The molecule has 0 fully saturated rings. The third-order valence-corrected chi connectivity index (χ3v) is 2.23. The summed E-state index contributed by atoms with van der Waals surface area (Å²) in [6.07, 6.45) is -0.505. The van der Waals surface area contributed by atoms with Gasteiger partial charge in [0.05, 0.1) is 6.04 Å². The van der Waals surface area contributed by atoms with Crippen molar-refractivity contribution >= 4 is 17.5 Å². The third-order valence-electron chi connectivity index (χ3n) is 2.03. The highest BCUT2D eigenvalue weighted by Crippen LogP contribution is 2.13. The number of carbonyl (C=O) groups excluding carboxylic acids is 1. The summed E-state index contributed by atoms with van der Waals surface area (Å²) in [5.74, 6) is -0.207. The minimum Gasteiger partial charge on any atom is -0.440 e. The van der Waals surface area contributed by atoms with Crippen LogP contribution in [0.5, 0.6) is 0 Å². The molecule has 1 amide bonds. The van der Waals surface area contributed by atoms with Gasteiger partial charge >= 0.3 is 0 Å². The molecule has 1 atom stereocenters. The molecule has 1 aromatic rings. The van der Waals surface area contributed by atoms with Crippen LogP contribution in [0.2, 0.25) is 5.22 Å². The van der Waals surface area contributed by atoms with Gasteiger partial charge in [-0.15, -0.1) is 0 Å². The number of rotatable bonds is 5. The van der Waals surface area contributed by atoms with Crippen LogP contribution in [0.1, 0.15) is 17.5 Å². The molecule has 5 nitrogen and oxygen atoms in total. The predicted octanol–water partition coefficient (Wildman–Crippen LogP) is 1.67. The molecule has 0 aliphatic rings. The van der Waals surface area contributed by atoms with E-state index in [1.165, 1.54) is 26.4 Å². The summed E-state index contributed by atoms with van der Waals surface area (Å²) in [5, 5.41) is 2.84. The summed E-state index contributed by atoms with van der Waals surface area (Å²) in [5.41, 5.74) is 0. The van der Waals surface area contributed by atoms with Crippen LogP contribution in [0.15, 0.2) is 16.5 Å². The van der Waals surface area contributed by atoms with Gasteiger partial charge in [-0.05, 0) is 30.7 Å². The normalized spacial score (nSPS) is 12.8. The molecule has 90 valence electrons. The van der Waals surface area contributed by atoms with E-state index in [0.29, 0.717) is 0 Å². The SMILES string of the molecule is COC(OC)C(C)NC(=O)c1ccc(Cl)o1. The number of hydrogen-bond acceptors (Lipinski definition) is 4. The third kappa shape index (κ3) is 3.23. The van der Waals surface area contributed by atoms with Crippen LogP contribution in [0, 0.1) is 0 Å². The Kier molecular flexibility index (Phi) is 4.79. The molecule has 0 spiro atoms. The van der Waals surface area contributed by atoms with Crippen molar-refractivity contribution in [3.05, 3.63) is 23.1 Å². The minimum atomic E-state index is -0.505. The van der Waals surface area contributed by atoms with Gasteiger partial charge < -0.3 is 19.2 Å². The molecule has 1 heterocycles. The first-order chi connectivity index (χ1) is 7.58. The van der Waals surface area contributed by atoms with Crippen LogP contribution in [0.25, 0.3) is 0 Å². The molecule has 0 bridgehead atoms. The Bertz CT molecular complexity index is 348. The quantitative estimate of drug-likeness (QED) is 0.804. The summed E-state index contributed by atoms with van der Waals surface area (Å²) in [6.45, 7) is 1.76. The van der Waals surface area contributed by atoms with Crippen molar-refractivity contribution in [1.82, 2.24) is 5.32 Å². The number of nitrogens with one attached hydrogen (secondary N) is 1. The number of amides is 1. The highest BCUT2D eigenvalue weighted by molar-refractivity contribution is 6.29. The summed E-state index contributed by atoms with van der Waals surface area (Å²) in [6, 6.07) is 2.70. The first kappa shape index (κ1) is 13.0. The molecule has 1 aromatic heterocycles. The molecule has 0 saturated carbocycles.